The Morgan fingerprint density at radius 1 is 0.944 bits per heavy atom. The second-order valence-electron chi connectivity index (χ2n) is 4.21. The summed E-state index contributed by atoms with van der Waals surface area (Å²) in [5.74, 6) is 0.862. The summed E-state index contributed by atoms with van der Waals surface area (Å²) in [6.07, 6.45) is 0. The number of halogens is 2. The largest absolute Gasteiger partial charge is 0.461 e. The van der Waals surface area contributed by atoms with Crippen molar-refractivity contribution in [3.63, 3.8) is 0 Å². The molecule has 90 valence electrons. The smallest absolute Gasteiger partial charge is 0.142 e. The van der Waals surface area contributed by atoms with Gasteiger partial charge in [0.25, 0.3) is 0 Å². The van der Waals surface area contributed by atoms with Crippen molar-refractivity contribution in [2.45, 2.75) is 6.92 Å². The highest BCUT2D eigenvalue weighted by Crippen LogP contribution is 2.36. The summed E-state index contributed by atoms with van der Waals surface area (Å²) in [5, 5.41) is 2.36. The summed E-state index contributed by atoms with van der Waals surface area (Å²) in [6.45, 7) is 1.92. The van der Waals surface area contributed by atoms with Gasteiger partial charge in [0.2, 0.25) is 0 Å². The van der Waals surface area contributed by atoms with Crippen molar-refractivity contribution in [2.75, 3.05) is 0 Å². The SMILES string of the molecule is Cc1cc2cc(Cl)cc(-c3ccccc3Cl)c2o1. The molecule has 0 amide bonds. The molecule has 1 aromatic heterocycles. The molecule has 0 radical (unpaired) electrons. The van der Waals surface area contributed by atoms with E-state index in [0.29, 0.717) is 10.0 Å². The van der Waals surface area contributed by atoms with Crippen molar-refractivity contribution in [1.82, 2.24) is 0 Å². The van der Waals surface area contributed by atoms with Gasteiger partial charge in [-0.05, 0) is 31.2 Å². The minimum Gasteiger partial charge on any atom is -0.461 e. The van der Waals surface area contributed by atoms with E-state index in [9.17, 15) is 0 Å². The molecule has 1 nitrogen and oxygen atoms in total. The molecule has 0 spiro atoms. The molecular formula is C15H10Cl2O. The minimum atomic E-state index is 0.679. The Morgan fingerprint density at radius 3 is 2.50 bits per heavy atom. The summed E-state index contributed by atoms with van der Waals surface area (Å²) < 4.78 is 5.75. The lowest BCUT2D eigenvalue weighted by Crippen LogP contribution is -1.81. The van der Waals surface area contributed by atoms with Crippen LogP contribution in [0.25, 0.3) is 22.1 Å². The van der Waals surface area contributed by atoms with Gasteiger partial charge in [0.1, 0.15) is 11.3 Å². The van der Waals surface area contributed by atoms with E-state index in [1.165, 1.54) is 0 Å². The van der Waals surface area contributed by atoms with E-state index >= 15 is 0 Å². The van der Waals surface area contributed by atoms with E-state index in [1.54, 1.807) is 0 Å². The first-order valence-corrected chi connectivity index (χ1v) is 6.35. The fourth-order valence-corrected chi connectivity index (χ4v) is 2.59. The third-order valence-electron chi connectivity index (χ3n) is 2.87. The molecule has 0 saturated carbocycles. The fraction of sp³-hybridized carbons (Fsp3) is 0.0667. The van der Waals surface area contributed by atoms with Crippen LogP contribution < -0.4 is 0 Å². The molecule has 0 unspecified atom stereocenters. The Morgan fingerprint density at radius 2 is 1.72 bits per heavy atom. The van der Waals surface area contributed by atoms with Crippen molar-refractivity contribution < 1.29 is 4.42 Å². The minimum absolute atomic E-state index is 0.679. The number of benzene rings is 2. The van der Waals surface area contributed by atoms with Crippen molar-refractivity contribution in [3.05, 3.63) is 58.3 Å². The highest BCUT2D eigenvalue weighted by atomic mass is 35.5. The Kier molecular flexibility index (Phi) is 2.81. The Bertz CT molecular complexity index is 728. The monoisotopic (exact) mass is 276 g/mol. The van der Waals surface area contributed by atoms with Crippen LogP contribution in [0.2, 0.25) is 10.0 Å². The fourth-order valence-electron chi connectivity index (χ4n) is 2.12. The lowest BCUT2D eigenvalue weighted by atomic mass is 10.0. The van der Waals surface area contributed by atoms with Crippen molar-refractivity contribution in [2.24, 2.45) is 0 Å². The zero-order valence-corrected chi connectivity index (χ0v) is 11.2. The van der Waals surface area contributed by atoms with Gasteiger partial charge < -0.3 is 4.42 Å². The van der Waals surface area contributed by atoms with Crippen molar-refractivity contribution >= 4 is 34.2 Å². The molecule has 3 aromatic rings. The molecule has 0 fully saturated rings. The molecule has 0 atom stereocenters. The second-order valence-corrected chi connectivity index (χ2v) is 5.05. The summed E-state index contributed by atoms with van der Waals surface area (Å²) in [7, 11) is 0. The highest BCUT2D eigenvalue weighted by Gasteiger charge is 2.12. The Hall–Kier alpha value is -1.44. The maximum atomic E-state index is 6.23. The van der Waals surface area contributed by atoms with E-state index in [-0.39, 0.29) is 0 Å². The van der Waals surface area contributed by atoms with Crippen LogP contribution in [0, 0.1) is 6.92 Å². The van der Waals surface area contributed by atoms with Gasteiger partial charge in [0.15, 0.2) is 0 Å². The van der Waals surface area contributed by atoms with Crippen LogP contribution in [-0.2, 0) is 0 Å². The van der Waals surface area contributed by atoms with Crippen LogP contribution in [0.3, 0.4) is 0 Å². The molecule has 3 heteroatoms. The quantitative estimate of drug-likeness (QED) is 0.554. The van der Waals surface area contributed by atoms with Gasteiger partial charge >= 0.3 is 0 Å². The van der Waals surface area contributed by atoms with E-state index in [1.807, 2.05) is 49.4 Å². The molecule has 0 aliphatic heterocycles. The lowest BCUT2D eigenvalue weighted by molar-refractivity contribution is 0.579. The van der Waals surface area contributed by atoms with Crippen LogP contribution in [0.4, 0.5) is 0 Å². The van der Waals surface area contributed by atoms with Gasteiger partial charge in [-0.3, -0.25) is 0 Å². The van der Waals surface area contributed by atoms with E-state index in [0.717, 1.165) is 27.9 Å². The van der Waals surface area contributed by atoms with Gasteiger partial charge in [-0.25, -0.2) is 0 Å². The van der Waals surface area contributed by atoms with Crippen molar-refractivity contribution in [1.29, 1.82) is 0 Å². The van der Waals surface area contributed by atoms with Crippen LogP contribution in [0.5, 0.6) is 0 Å². The summed E-state index contributed by atoms with van der Waals surface area (Å²) >= 11 is 12.4. The predicted molar refractivity (Wildman–Crippen MR) is 76.4 cm³/mol. The first kappa shape index (κ1) is 11.6. The Labute approximate surface area is 115 Å². The first-order chi connectivity index (χ1) is 8.65. The number of hydrogen-bond donors (Lipinski definition) is 0. The molecule has 0 bridgehead atoms. The molecule has 2 aromatic carbocycles. The maximum absolute atomic E-state index is 6.23. The zero-order valence-electron chi connectivity index (χ0n) is 9.71. The number of aryl methyl sites for hydroxylation is 1. The third kappa shape index (κ3) is 1.90. The number of hydrogen-bond acceptors (Lipinski definition) is 1. The van der Waals surface area contributed by atoms with Gasteiger partial charge in [0.05, 0.1) is 0 Å². The average molecular weight is 277 g/mol. The first-order valence-electron chi connectivity index (χ1n) is 5.60. The summed E-state index contributed by atoms with van der Waals surface area (Å²) in [5.41, 5.74) is 2.68. The molecule has 0 N–H and O–H groups in total. The maximum Gasteiger partial charge on any atom is 0.142 e. The van der Waals surface area contributed by atoms with Gasteiger partial charge in [-0.1, -0.05) is 41.4 Å². The molecule has 3 rings (SSSR count). The molecule has 18 heavy (non-hydrogen) atoms. The molecule has 0 aliphatic carbocycles. The topological polar surface area (TPSA) is 13.1 Å². The van der Waals surface area contributed by atoms with Crippen LogP contribution >= 0.6 is 23.2 Å². The standard InChI is InChI=1S/C15H10Cl2O/c1-9-6-10-7-11(16)8-13(15(10)18-9)12-4-2-3-5-14(12)17/h2-8H,1H3. The normalized spacial score (nSPS) is 11.1. The van der Waals surface area contributed by atoms with Gasteiger partial charge in [0, 0.05) is 26.6 Å². The average Bonchev–Trinajstić information content (AvgIpc) is 2.69. The van der Waals surface area contributed by atoms with Gasteiger partial charge in [-0.2, -0.15) is 0 Å². The van der Waals surface area contributed by atoms with Gasteiger partial charge in [-0.15, -0.1) is 0 Å². The predicted octanol–water partition coefficient (Wildman–Crippen LogP) is 5.72. The third-order valence-corrected chi connectivity index (χ3v) is 3.42. The van der Waals surface area contributed by atoms with E-state index in [4.69, 9.17) is 27.6 Å². The van der Waals surface area contributed by atoms with Crippen LogP contribution in [-0.4, -0.2) is 0 Å². The molecule has 1 heterocycles. The van der Waals surface area contributed by atoms with Crippen LogP contribution in [0.1, 0.15) is 5.76 Å². The Balaban J connectivity index is 2.38. The molecule has 0 aliphatic rings. The zero-order chi connectivity index (χ0) is 12.7. The van der Waals surface area contributed by atoms with E-state index < -0.39 is 0 Å². The number of fused-ring (bicyclic) bond motifs is 1. The molecule has 0 saturated heterocycles. The van der Waals surface area contributed by atoms with Crippen LogP contribution in [0.15, 0.2) is 46.9 Å². The number of furan rings is 1. The number of rotatable bonds is 1. The summed E-state index contributed by atoms with van der Waals surface area (Å²) in [6, 6.07) is 13.4. The highest BCUT2D eigenvalue weighted by molar-refractivity contribution is 6.34. The summed E-state index contributed by atoms with van der Waals surface area (Å²) in [4.78, 5) is 0. The lowest BCUT2D eigenvalue weighted by Gasteiger charge is -2.05. The van der Waals surface area contributed by atoms with Crippen molar-refractivity contribution in [3.8, 4) is 11.1 Å². The second kappa shape index (κ2) is 4.34. The van der Waals surface area contributed by atoms with E-state index in [2.05, 4.69) is 0 Å². The molecular weight excluding hydrogens is 267 g/mol.